The van der Waals surface area contributed by atoms with Crippen LogP contribution in [0.3, 0.4) is 0 Å². The quantitative estimate of drug-likeness (QED) is 0.811. The van der Waals surface area contributed by atoms with Crippen molar-refractivity contribution in [3.8, 4) is 0 Å². The van der Waals surface area contributed by atoms with Crippen LogP contribution < -0.4 is 4.90 Å². The second-order valence-electron chi connectivity index (χ2n) is 6.19. The van der Waals surface area contributed by atoms with Crippen molar-refractivity contribution in [2.45, 2.75) is 6.42 Å². The number of hydrogen-bond acceptors (Lipinski definition) is 6. The minimum Gasteiger partial charge on any atom is -0.408 e. The van der Waals surface area contributed by atoms with Gasteiger partial charge in [0.15, 0.2) is 0 Å². The van der Waals surface area contributed by atoms with Gasteiger partial charge in [-0.3, -0.25) is 9.69 Å². The van der Waals surface area contributed by atoms with Crippen molar-refractivity contribution in [1.29, 1.82) is 0 Å². The molecule has 0 N–H and O–H groups in total. The van der Waals surface area contributed by atoms with E-state index in [1.54, 1.807) is 19.0 Å². The Hall–Kier alpha value is -2.41. The third-order valence-electron chi connectivity index (χ3n) is 4.15. The molecule has 1 aliphatic rings. The molecule has 128 valence electrons. The van der Waals surface area contributed by atoms with E-state index in [2.05, 4.69) is 20.0 Å². The molecule has 0 spiro atoms. The number of anilines is 1. The highest BCUT2D eigenvalue weighted by Gasteiger charge is 2.23. The molecule has 7 heteroatoms. The Morgan fingerprint density at radius 3 is 2.50 bits per heavy atom. The van der Waals surface area contributed by atoms with Crippen LogP contribution in [0, 0.1) is 0 Å². The molecule has 3 rings (SSSR count). The van der Waals surface area contributed by atoms with Gasteiger partial charge in [-0.2, -0.15) is 0 Å². The van der Waals surface area contributed by atoms with Crippen LogP contribution in [0.25, 0.3) is 0 Å². The Morgan fingerprint density at radius 2 is 1.83 bits per heavy atom. The minimum absolute atomic E-state index is 0.131. The van der Waals surface area contributed by atoms with E-state index in [0.29, 0.717) is 24.9 Å². The van der Waals surface area contributed by atoms with Crippen molar-refractivity contribution in [2.75, 3.05) is 51.7 Å². The third-order valence-corrected chi connectivity index (χ3v) is 4.15. The van der Waals surface area contributed by atoms with Gasteiger partial charge in [0.05, 0.1) is 13.0 Å². The fraction of sp³-hybridized carbons (Fsp3) is 0.471. The highest BCUT2D eigenvalue weighted by molar-refractivity contribution is 5.77. The zero-order valence-electron chi connectivity index (χ0n) is 14.2. The summed E-state index contributed by atoms with van der Waals surface area (Å²) in [6, 6.07) is 10.7. The maximum absolute atomic E-state index is 11.8. The van der Waals surface area contributed by atoms with Gasteiger partial charge in [-0.1, -0.05) is 35.4 Å². The molecular weight excluding hydrogens is 306 g/mol. The second kappa shape index (κ2) is 7.44. The van der Waals surface area contributed by atoms with Crippen molar-refractivity contribution in [3.63, 3.8) is 0 Å². The molecule has 1 amide bonds. The molecule has 0 radical (unpaired) electrons. The summed E-state index contributed by atoms with van der Waals surface area (Å²) in [5, 5.41) is 8.31. The monoisotopic (exact) mass is 329 g/mol. The van der Waals surface area contributed by atoms with Crippen LogP contribution in [-0.4, -0.2) is 72.7 Å². The molecule has 0 atom stereocenters. The molecule has 1 aromatic carbocycles. The Bertz CT molecular complexity index is 663. The Labute approximate surface area is 141 Å². The van der Waals surface area contributed by atoms with E-state index in [9.17, 15) is 4.79 Å². The number of amides is 1. The fourth-order valence-corrected chi connectivity index (χ4v) is 2.64. The first-order valence-electron chi connectivity index (χ1n) is 8.15. The lowest BCUT2D eigenvalue weighted by atomic mass is 10.2. The Morgan fingerprint density at radius 1 is 1.12 bits per heavy atom. The molecule has 2 heterocycles. The van der Waals surface area contributed by atoms with E-state index in [0.717, 1.165) is 31.7 Å². The van der Waals surface area contributed by atoms with Crippen molar-refractivity contribution in [3.05, 3.63) is 41.8 Å². The maximum atomic E-state index is 11.8. The number of piperazine rings is 1. The van der Waals surface area contributed by atoms with Gasteiger partial charge in [-0.25, -0.2) is 0 Å². The predicted molar refractivity (Wildman–Crippen MR) is 90.9 cm³/mol. The van der Waals surface area contributed by atoms with Crippen molar-refractivity contribution in [1.82, 2.24) is 20.0 Å². The van der Waals surface area contributed by atoms with Crippen LogP contribution in [-0.2, 0) is 11.2 Å². The number of carbonyl (C=O) groups excluding carboxylic acids is 1. The summed E-state index contributed by atoms with van der Waals surface area (Å²) in [7, 11) is 3.57. The van der Waals surface area contributed by atoms with Crippen LogP contribution in [0.4, 0.5) is 6.01 Å². The normalized spacial score (nSPS) is 15.5. The minimum atomic E-state index is 0.131. The molecule has 2 aromatic rings. The Kier molecular flexibility index (Phi) is 5.10. The molecule has 1 aliphatic heterocycles. The molecule has 0 unspecified atom stereocenters. The number of rotatable bonds is 5. The summed E-state index contributed by atoms with van der Waals surface area (Å²) in [6.45, 7) is 3.66. The number of carbonyl (C=O) groups is 1. The Balaban J connectivity index is 1.53. The summed E-state index contributed by atoms with van der Waals surface area (Å²) >= 11 is 0. The zero-order valence-corrected chi connectivity index (χ0v) is 14.2. The summed E-state index contributed by atoms with van der Waals surface area (Å²) < 4.78 is 5.79. The molecule has 1 fully saturated rings. The summed E-state index contributed by atoms with van der Waals surface area (Å²) in [4.78, 5) is 17.6. The molecule has 0 saturated carbocycles. The van der Waals surface area contributed by atoms with E-state index in [1.807, 2.05) is 30.3 Å². The maximum Gasteiger partial charge on any atom is 0.318 e. The van der Waals surface area contributed by atoms with Crippen LogP contribution in [0.15, 0.2) is 34.7 Å². The molecular formula is C17H23N5O2. The lowest BCUT2D eigenvalue weighted by Gasteiger charge is -2.33. The lowest BCUT2D eigenvalue weighted by Crippen LogP contribution is -2.49. The van der Waals surface area contributed by atoms with Crippen LogP contribution >= 0.6 is 0 Å². The number of nitrogens with zero attached hydrogens (tertiary/aromatic N) is 5. The van der Waals surface area contributed by atoms with Crippen LogP contribution in [0.1, 0.15) is 11.5 Å². The van der Waals surface area contributed by atoms with Gasteiger partial charge >= 0.3 is 6.01 Å². The van der Waals surface area contributed by atoms with Gasteiger partial charge in [0.25, 0.3) is 0 Å². The number of likely N-dealkylation sites (N-methyl/N-ethyl adjacent to an activating group) is 1. The van der Waals surface area contributed by atoms with E-state index in [1.165, 1.54) is 0 Å². The first-order valence-corrected chi connectivity index (χ1v) is 8.15. The van der Waals surface area contributed by atoms with Crippen LogP contribution in [0.2, 0.25) is 0 Å². The van der Waals surface area contributed by atoms with Gasteiger partial charge in [0.2, 0.25) is 11.8 Å². The number of benzene rings is 1. The largest absolute Gasteiger partial charge is 0.408 e. The average Bonchev–Trinajstić information content (AvgIpc) is 3.05. The molecule has 1 saturated heterocycles. The van der Waals surface area contributed by atoms with Gasteiger partial charge in [0.1, 0.15) is 0 Å². The predicted octanol–water partition coefficient (Wildman–Crippen LogP) is 0.871. The topological polar surface area (TPSA) is 65.7 Å². The van der Waals surface area contributed by atoms with Gasteiger partial charge in [0, 0.05) is 40.3 Å². The van der Waals surface area contributed by atoms with E-state index >= 15 is 0 Å². The van der Waals surface area contributed by atoms with Crippen molar-refractivity contribution < 1.29 is 9.21 Å². The van der Waals surface area contributed by atoms with Gasteiger partial charge in [-0.15, -0.1) is 5.10 Å². The zero-order chi connectivity index (χ0) is 16.9. The highest BCUT2D eigenvalue weighted by Crippen LogP contribution is 2.16. The van der Waals surface area contributed by atoms with Crippen molar-refractivity contribution in [2.24, 2.45) is 0 Å². The summed E-state index contributed by atoms with van der Waals surface area (Å²) in [5.74, 6) is 0.757. The molecule has 0 bridgehead atoms. The number of aromatic nitrogens is 2. The second-order valence-corrected chi connectivity index (χ2v) is 6.19. The first-order chi connectivity index (χ1) is 11.6. The molecule has 1 aromatic heterocycles. The smallest absolute Gasteiger partial charge is 0.318 e. The van der Waals surface area contributed by atoms with E-state index in [4.69, 9.17) is 4.42 Å². The van der Waals surface area contributed by atoms with Gasteiger partial charge < -0.3 is 14.2 Å². The molecule has 24 heavy (non-hydrogen) atoms. The average molecular weight is 329 g/mol. The van der Waals surface area contributed by atoms with E-state index in [-0.39, 0.29) is 5.91 Å². The molecule has 7 nitrogen and oxygen atoms in total. The number of hydrogen-bond donors (Lipinski definition) is 0. The van der Waals surface area contributed by atoms with E-state index < -0.39 is 0 Å². The standard InChI is InChI=1S/C17H23N5O2/c1-20(2)16(23)13-21-8-10-22(11-9-21)17-19-18-15(24-17)12-14-6-4-3-5-7-14/h3-7H,8-13H2,1-2H3. The summed E-state index contributed by atoms with van der Waals surface area (Å²) in [6.07, 6.45) is 0.644. The van der Waals surface area contributed by atoms with Gasteiger partial charge in [-0.05, 0) is 5.56 Å². The highest BCUT2D eigenvalue weighted by atomic mass is 16.4. The lowest BCUT2D eigenvalue weighted by molar-refractivity contribution is -0.129. The molecule has 0 aliphatic carbocycles. The fourth-order valence-electron chi connectivity index (χ4n) is 2.64. The van der Waals surface area contributed by atoms with Crippen molar-refractivity contribution >= 4 is 11.9 Å². The van der Waals surface area contributed by atoms with Crippen LogP contribution in [0.5, 0.6) is 0 Å². The first kappa shape index (κ1) is 16.4. The third kappa shape index (κ3) is 4.11. The SMILES string of the molecule is CN(C)C(=O)CN1CCN(c2nnc(Cc3ccccc3)o2)CC1. The summed E-state index contributed by atoms with van der Waals surface area (Å²) in [5.41, 5.74) is 1.15.